The summed E-state index contributed by atoms with van der Waals surface area (Å²) in [6.45, 7) is 1.05. The Morgan fingerprint density at radius 3 is 2.76 bits per heavy atom. The number of nitrogens with zero attached hydrogens (tertiary/aromatic N) is 3. The summed E-state index contributed by atoms with van der Waals surface area (Å²) in [6.07, 6.45) is 1.14. The summed E-state index contributed by atoms with van der Waals surface area (Å²) in [7, 11) is 2.07. The van der Waals surface area contributed by atoms with Gasteiger partial charge in [0.1, 0.15) is 12.0 Å². The molecule has 1 amide bonds. The van der Waals surface area contributed by atoms with Gasteiger partial charge in [-0.15, -0.1) is 11.8 Å². The average molecular weight is 497 g/mol. The maximum Gasteiger partial charge on any atom is 0.278 e. The molecule has 1 aromatic heterocycles. The summed E-state index contributed by atoms with van der Waals surface area (Å²) in [5.74, 6) is -0.107. The molecule has 1 saturated heterocycles. The highest BCUT2D eigenvalue weighted by atomic mass is 32.2. The molecule has 10 heteroatoms. The highest BCUT2D eigenvalue weighted by Crippen LogP contribution is 2.44. The Balaban J connectivity index is 1.67. The van der Waals surface area contributed by atoms with Crippen molar-refractivity contribution in [3.05, 3.63) is 93.2 Å². The molecule has 0 spiro atoms. The zero-order valence-corrected chi connectivity index (χ0v) is 20.0. The van der Waals surface area contributed by atoms with Crippen molar-refractivity contribution in [2.75, 3.05) is 24.8 Å². The minimum Gasteiger partial charge on any atom is -0.474 e. The van der Waals surface area contributed by atoms with E-state index < -0.39 is 12.2 Å². The first kappa shape index (κ1) is 21.6. The van der Waals surface area contributed by atoms with E-state index in [1.807, 2.05) is 35.3 Å². The lowest BCUT2D eigenvalue weighted by atomic mass is 9.93. The molecule has 3 atom stereocenters. The molecule has 3 aliphatic rings. The second-order valence-corrected chi connectivity index (χ2v) is 9.54. The molecule has 1 fully saturated rings. The fraction of sp³-hybridized carbons (Fsp3) is 0.250. The monoisotopic (exact) mass is 497 g/mol. The maximum absolute atomic E-state index is 15.1. The SMILES string of the molecule is O=C1c2c(OP)c(=O)ccn2N([C@@H]2c3ccccc3SCc3c(F)cccc32)[C@@H]2COCCN12. The van der Waals surface area contributed by atoms with Crippen LogP contribution in [0.1, 0.15) is 33.2 Å². The number of fused-ring (bicyclic) bond motifs is 4. The van der Waals surface area contributed by atoms with Crippen LogP contribution in [0.25, 0.3) is 0 Å². The molecule has 1 unspecified atom stereocenters. The number of amides is 1. The Kier molecular flexibility index (Phi) is 5.36. The van der Waals surface area contributed by atoms with Crippen LogP contribution in [0.3, 0.4) is 0 Å². The molecule has 0 saturated carbocycles. The third kappa shape index (κ3) is 3.18. The quantitative estimate of drug-likeness (QED) is 0.507. The number of ether oxygens (including phenoxy) is 1. The Morgan fingerprint density at radius 1 is 1.09 bits per heavy atom. The number of benzene rings is 2. The van der Waals surface area contributed by atoms with Crippen LogP contribution in [0, 0.1) is 5.82 Å². The number of morpholine rings is 1. The fourth-order valence-corrected chi connectivity index (χ4v) is 6.41. The lowest BCUT2D eigenvalue weighted by Crippen LogP contribution is -2.66. The van der Waals surface area contributed by atoms with Crippen molar-refractivity contribution < 1.29 is 18.4 Å². The van der Waals surface area contributed by atoms with Crippen molar-refractivity contribution in [3.8, 4) is 5.75 Å². The first-order valence-corrected chi connectivity index (χ1v) is 12.3. The number of carbonyl (C=O) groups excluding carboxylic acids is 1. The van der Waals surface area contributed by atoms with Crippen molar-refractivity contribution in [2.45, 2.75) is 22.9 Å². The third-order valence-corrected chi connectivity index (χ3v) is 7.93. The average Bonchev–Trinajstić information content (AvgIpc) is 3.02. The molecule has 0 aliphatic carbocycles. The van der Waals surface area contributed by atoms with Crippen LogP contribution in [0.15, 0.2) is 64.4 Å². The van der Waals surface area contributed by atoms with E-state index in [-0.39, 0.29) is 35.2 Å². The largest absolute Gasteiger partial charge is 0.474 e. The van der Waals surface area contributed by atoms with E-state index in [2.05, 4.69) is 9.47 Å². The molecule has 0 radical (unpaired) electrons. The zero-order valence-electron chi connectivity index (χ0n) is 18.0. The van der Waals surface area contributed by atoms with Gasteiger partial charge in [-0.25, -0.2) is 4.39 Å². The van der Waals surface area contributed by atoms with Crippen LogP contribution >= 0.6 is 21.2 Å². The molecule has 3 aliphatic heterocycles. The Morgan fingerprint density at radius 2 is 1.91 bits per heavy atom. The van der Waals surface area contributed by atoms with Gasteiger partial charge >= 0.3 is 0 Å². The van der Waals surface area contributed by atoms with Gasteiger partial charge in [0.05, 0.1) is 28.7 Å². The summed E-state index contributed by atoms with van der Waals surface area (Å²) in [4.78, 5) is 28.9. The smallest absolute Gasteiger partial charge is 0.278 e. The Hall–Kier alpha value is -2.87. The predicted octanol–water partition coefficient (Wildman–Crippen LogP) is 3.30. The standard InChI is InChI=1S/C24H21FN3O4PS/c25-17-6-3-5-14-16(17)13-34-19-7-2-1-4-15(19)21(14)28-20-12-31-11-10-26(20)24(30)22-23(32-33)18(29)8-9-27(22)28/h1-9,20-21H,10-13,33H2/t20-,21+/m1/s1. The number of hydrogen-bond acceptors (Lipinski definition) is 6. The van der Waals surface area contributed by atoms with Gasteiger partial charge in [-0.05, 0) is 23.3 Å². The van der Waals surface area contributed by atoms with E-state index in [4.69, 9.17) is 9.26 Å². The lowest BCUT2D eigenvalue weighted by Gasteiger charge is -2.51. The molecular formula is C24H21FN3O4PS. The number of hydrogen-bond donors (Lipinski definition) is 0. The first-order valence-electron chi connectivity index (χ1n) is 10.9. The molecule has 4 heterocycles. The van der Waals surface area contributed by atoms with E-state index >= 15 is 4.39 Å². The van der Waals surface area contributed by atoms with E-state index in [0.29, 0.717) is 24.5 Å². The van der Waals surface area contributed by atoms with Crippen molar-refractivity contribution in [1.82, 2.24) is 9.58 Å². The second-order valence-electron chi connectivity index (χ2n) is 8.29. The van der Waals surface area contributed by atoms with Crippen molar-refractivity contribution in [1.29, 1.82) is 0 Å². The minimum atomic E-state index is -0.453. The van der Waals surface area contributed by atoms with Gasteiger partial charge in [0.25, 0.3) is 5.91 Å². The van der Waals surface area contributed by atoms with E-state index in [1.54, 1.807) is 33.6 Å². The predicted molar refractivity (Wildman–Crippen MR) is 129 cm³/mol. The maximum atomic E-state index is 15.1. The van der Waals surface area contributed by atoms with E-state index in [0.717, 1.165) is 16.0 Å². The lowest BCUT2D eigenvalue weighted by molar-refractivity contribution is -0.0196. The van der Waals surface area contributed by atoms with Crippen LogP contribution in [0.5, 0.6) is 5.75 Å². The molecule has 6 rings (SSSR count). The molecule has 7 nitrogen and oxygen atoms in total. The molecule has 0 bridgehead atoms. The van der Waals surface area contributed by atoms with Crippen molar-refractivity contribution in [3.63, 3.8) is 0 Å². The summed E-state index contributed by atoms with van der Waals surface area (Å²) >= 11 is 1.59. The molecule has 0 N–H and O–H groups in total. The number of aromatic nitrogens is 1. The summed E-state index contributed by atoms with van der Waals surface area (Å²) in [5, 5.41) is 2.02. The summed E-state index contributed by atoms with van der Waals surface area (Å²) in [6, 6.07) is 14.1. The van der Waals surface area contributed by atoms with Crippen LogP contribution < -0.4 is 15.0 Å². The first-order chi connectivity index (χ1) is 16.6. The van der Waals surface area contributed by atoms with Crippen LogP contribution in [-0.4, -0.2) is 41.4 Å². The highest BCUT2D eigenvalue weighted by molar-refractivity contribution is 7.98. The molecule has 174 valence electrons. The van der Waals surface area contributed by atoms with Crippen LogP contribution in [0.2, 0.25) is 0 Å². The number of thioether (sulfide) groups is 1. The fourth-order valence-electron chi connectivity index (χ4n) is 5.06. The number of rotatable bonds is 2. The molecule has 3 aromatic rings. The van der Waals surface area contributed by atoms with Crippen molar-refractivity contribution in [2.24, 2.45) is 0 Å². The van der Waals surface area contributed by atoms with Gasteiger partial charge in [-0.1, -0.05) is 30.3 Å². The van der Waals surface area contributed by atoms with E-state index in [1.165, 1.54) is 12.1 Å². The summed E-state index contributed by atoms with van der Waals surface area (Å²) < 4.78 is 27.9. The molecule has 34 heavy (non-hydrogen) atoms. The second kappa shape index (κ2) is 8.41. The van der Waals surface area contributed by atoms with E-state index in [9.17, 15) is 9.59 Å². The zero-order chi connectivity index (χ0) is 23.4. The number of halogens is 1. The van der Waals surface area contributed by atoms with Gasteiger partial charge < -0.3 is 14.2 Å². The normalized spacial score (nSPS) is 21.2. The topological polar surface area (TPSA) is 64.0 Å². The van der Waals surface area contributed by atoms with Crippen LogP contribution in [0.4, 0.5) is 4.39 Å². The molecule has 2 aromatic carbocycles. The van der Waals surface area contributed by atoms with Gasteiger partial charge in [-0.3, -0.25) is 19.3 Å². The Labute approximate surface area is 201 Å². The Bertz CT molecular complexity index is 1370. The van der Waals surface area contributed by atoms with Gasteiger partial charge in [0.15, 0.2) is 5.69 Å². The van der Waals surface area contributed by atoms with Gasteiger partial charge in [-0.2, -0.15) is 0 Å². The van der Waals surface area contributed by atoms with Crippen molar-refractivity contribution >= 4 is 27.1 Å². The minimum absolute atomic E-state index is 0.0387. The van der Waals surface area contributed by atoms with Crippen LogP contribution in [-0.2, 0) is 10.5 Å². The number of pyridine rings is 1. The van der Waals surface area contributed by atoms with Gasteiger partial charge in [0, 0.05) is 35.0 Å². The number of carbonyl (C=O) groups is 1. The third-order valence-electron chi connectivity index (χ3n) is 6.57. The molecular weight excluding hydrogens is 476 g/mol. The summed E-state index contributed by atoms with van der Waals surface area (Å²) in [5.41, 5.74) is 2.20. The van der Waals surface area contributed by atoms with Gasteiger partial charge in [0.2, 0.25) is 11.2 Å². The highest BCUT2D eigenvalue weighted by Gasteiger charge is 2.46.